The number of hydrogen-bond donors (Lipinski definition) is 1. The molecule has 5 nitrogen and oxygen atoms in total. The summed E-state index contributed by atoms with van der Waals surface area (Å²) in [7, 11) is 0. The summed E-state index contributed by atoms with van der Waals surface area (Å²) in [5.41, 5.74) is 1.49. The van der Waals surface area contributed by atoms with Crippen LogP contribution in [0.2, 0.25) is 5.02 Å². The molecule has 3 rings (SSSR count). The molecule has 0 saturated carbocycles. The molecule has 1 N–H and O–H groups in total. The lowest BCUT2D eigenvalue weighted by molar-refractivity contribution is -0.127. The number of carbonyl (C=O) groups excluding carboxylic acids is 2. The van der Waals surface area contributed by atoms with E-state index in [0.717, 1.165) is 5.56 Å². The van der Waals surface area contributed by atoms with Gasteiger partial charge in [-0.2, -0.15) is 0 Å². The highest BCUT2D eigenvalue weighted by Gasteiger charge is 2.19. The second kappa shape index (κ2) is 9.94. The van der Waals surface area contributed by atoms with Crippen molar-refractivity contribution in [1.82, 2.24) is 10.2 Å². The van der Waals surface area contributed by atoms with E-state index in [4.69, 9.17) is 16.0 Å². The van der Waals surface area contributed by atoms with Crippen LogP contribution in [0, 0.1) is 0 Å². The van der Waals surface area contributed by atoms with Gasteiger partial charge < -0.3 is 14.6 Å². The fraction of sp³-hybridized carbons (Fsp3) is 0.167. The summed E-state index contributed by atoms with van der Waals surface area (Å²) in [6, 6.07) is 19.6. The molecule has 0 aliphatic heterocycles. The van der Waals surface area contributed by atoms with Crippen LogP contribution in [0.4, 0.5) is 0 Å². The van der Waals surface area contributed by atoms with Crippen LogP contribution in [0.1, 0.15) is 30.0 Å². The molecule has 2 amide bonds. The Morgan fingerprint density at radius 3 is 2.27 bits per heavy atom. The molecule has 0 spiro atoms. The minimum absolute atomic E-state index is 0.157. The van der Waals surface area contributed by atoms with E-state index in [1.165, 1.54) is 0 Å². The van der Waals surface area contributed by atoms with Crippen molar-refractivity contribution >= 4 is 29.5 Å². The van der Waals surface area contributed by atoms with Crippen molar-refractivity contribution in [1.29, 1.82) is 0 Å². The third kappa shape index (κ3) is 5.19. The van der Waals surface area contributed by atoms with Gasteiger partial charge in [0.2, 0.25) is 0 Å². The van der Waals surface area contributed by atoms with Gasteiger partial charge in [0.05, 0.1) is 0 Å². The van der Waals surface area contributed by atoms with Gasteiger partial charge in [0.25, 0.3) is 11.8 Å². The van der Waals surface area contributed by atoms with Crippen molar-refractivity contribution in [2.24, 2.45) is 0 Å². The number of halogens is 1. The van der Waals surface area contributed by atoms with Gasteiger partial charge in [-0.15, -0.1) is 0 Å². The lowest BCUT2D eigenvalue weighted by atomic mass is 10.2. The predicted octanol–water partition coefficient (Wildman–Crippen LogP) is 5.24. The van der Waals surface area contributed by atoms with Crippen molar-refractivity contribution in [2.75, 3.05) is 13.1 Å². The van der Waals surface area contributed by atoms with Crippen molar-refractivity contribution in [3.8, 4) is 11.3 Å². The van der Waals surface area contributed by atoms with Gasteiger partial charge in [0, 0.05) is 35.3 Å². The van der Waals surface area contributed by atoms with E-state index in [2.05, 4.69) is 5.32 Å². The highest BCUT2D eigenvalue weighted by molar-refractivity contribution is 6.30. The number of amides is 2. The van der Waals surface area contributed by atoms with Gasteiger partial charge in [-0.05, 0) is 62.4 Å². The zero-order chi connectivity index (χ0) is 21.5. The van der Waals surface area contributed by atoms with E-state index >= 15 is 0 Å². The first kappa shape index (κ1) is 21.4. The fourth-order valence-corrected chi connectivity index (χ4v) is 3.08. The second-order valence-corrected chi connectivity index (χ2v) is 7.00. The molecule has 6 heteroatoms. The number of nitrogens with zero attached hydrogens (tertiary/aromatic N) is 1. The highest BCUT2D eigenvalue weighted by Crippen LogP contribution is 2.25. The molecule has 0 saturated heterocycles. The zero-order valence-corrected chi connectivity index (χ0v) is 17.6. The van der Waals surface area contributed by atoms with Crippen LogP contribution in [0.25, 0.3) is 17.4 Å². The number of carbonyl (C=O) groups is 2. The van der Waals surface area contributed by atoms with E-state index in [1.807, 2.05) is 38.1 Å². The smallest absolute Gasteiger partial charge is 0.270 e. The van der Waals surface area contributed by atoms with Gasteiger partial charge >= 0.3 is 0 Å². The maximum absolute atomic E-state index is 13.0. The average molecular weight is 423 g/mol. The normalized spacial score (nSPS) is 11.2. The third-order valence-electron chi connectivity index (χ3n) is 4.61. The molecule has 2 aromatic carbocycles. The van der Waals surface area contributed by atoms with E-state index < -0.39 is 0 Å². The monoisotopic (exact) mass is 422 g/mol. The molecule has 0 aliphatic rings. The number of benzene rings is 2. The summed E-state index contributed by atoms with van der Waals surface area (Å²) in [6.07, 6.45) is 1.56. The van der Waals surface area contributed by atoms with Crippen LogP contribution >= 0.6 is 11.6 Å². The third-order valence-corrected chi connectivity index (χ3v) is 4.86. The Hall–Kier alpha value is -3.31. The van der Waals surface area contributed by atoms with Crippen LogP contribution in [0.3, 0.4) is 0 Å². The number of nitrogens with one attached hydrogen (secondary N) is 1. The molecular weight excluding hydrogens is 400 g/mol. The summed E-state index contributed by atoms with van der Waals surface area (Å²) < 4.78 is 5.88. The standard InChI is InChI=1S/C24H23ClN2O3/c1-3-27(4-2)24(29)21(26-23(28)18-8-6-5-7-9-18)16-20-14-15-22(30-20)17-10-12-19(25)13-11-17/h5-16H,3-4H2,1-2H3,(H,26,28). The Labute approximate surface area is 181 Å². The minimum atomic E-state index is -0.355. The lowest BCUT2D eigenvalue weighted by Gasteiger charge is -2.20. The molecule has 154 valence electrons. The maximum Gasteiger partial charge on any atom is 0.270 e. The van der Waals surface area contributed by atoms with Gasteiger partial charge in [0.15, 0.2) is 0 Å². The topological polar surface area (TPSA) is 62.6 Å². The molecule has 0 bridgehead atoms. The van der Waals surface area contributed by atoms with Gasteiger partial charge in [0.1, 0.15) is 17.2 Å². The summed E-state index contributed by atoms with van der Waals surface area (Å²) in [4.78, 5) is 27.3. The maximum atomic E-state index is 13.0. The molecule has 0 aliphatic carbocycles. The van der Waals surface area contributed by atoms with Crippen LogP contribution in [0.15, 0.2) is 76.8 Å². The molecule has 1 aromatic heterocycles. The predicted molar refractivity (Wildman–Crippen MR) is 119 cm³/mol. The Balaban J connectivity index is 1.91. The van der Waals surface area contributed by atoms with Crippen LogP contribution in [-0.2, 0) is 4.79 Å². The van der Waals surface area contributed by atoms with E-state index in [0.29, 0.717) is 35.2 Å². The van der Waals surface area contributed by atoms with Gasteiger partial charge in [-0.1, -0.05) is 29.8 Å². The van der Waals surface area contributed by atoms with Crippen LogP contribution < -0.4 is 5.32 Å². The quantitative estimate of drug-likeness (QED) is 0.529. The first-order valence-corrected chi connectivity index (χ1v) is 10.1. The van der Waals surface area contributed by atoms with Crippen molar-refractivity contribution in [3.63, 3.8) is 0 Å². The highest BCUT2D eigenvalue weighted by atomic mass is 35.5. The van der Waals surface area contributed by atoms with Crippen LogP contribution in [0.5, 0.6) is 0 Å². The molecule has 0 atom stereocenters. The van der Waals surface area contributed by atoms with Crippen molar-refractivity contribution in [3.05, 3.63) is 88.8 Å². The molecule has 3 aromatic rings. The number of rotatable bonds is 7. The van der Waals surface area contributed by atoms with Gasteiger partial charge in [-0.25, -0.2) is 0 Å². The van der Waals surface area contributed by atoms with Crippen molar-refractivity contribution in [2.45, 2.75) is 13.8 Å². The van der Waals surface area contributed by atoms with E-state index in [1.54, 1.807) is 53.4 Å². The second-order valence-electron chi connectivity index (χ2n) is 6.56. The molecule has 0 radical (unpaired) electrons. The van der Waals surface area contributed by atoms with E-state index in [9.17, 15) is 9.59 Å². The Bertz CT molecular complexity index is 1040. The minimum Gasteiger partial charge on any atom is -0.457 e. The molecule has 30 heavy (non-hydrogen) atoms. The largest absolute Gasteiger partial charge is 0.457 e. The Morgan fingerprint density at radius 1 is 0.967 bits per heavy atom. The molecule has 0 fully saturated rings. The summed E-state index contributed by atoms with van der Waals surface area (Å²) >= 11 is 5.94. The molecule has 1 heterocycles. The van der Waals surface area contributed by atoms with Crippen LogP contribution in [-0.4, -0.2) is 29.8 Å². The lowest BCUT2D eigenvalue weighted by Crippen LogP contribution is -2.38. The SMILES string of the molecule is CCN(CC)C(=O)C(=Cc1ccc(-c2ccc(Cl)cc2)o1)NC(=O)c1ccccc1. The van der Waals surface area contributed by atoms with Crippen molar-refractivity contribution < 1.29 is 14.0 Å². The number of furan rings is 1. The summed E-state index contributed by atoms with van der Waals surface area (Å²) in [5, 5.41) is 3.38. The molecular formula is C24H23ClN2O3. The van der Waals surface area contributed by atoms with E-state index in [-0.39, 0.29) is 17.5 Å². The van der Waals surface area contributed by atoms with Gasteiger partial charge in [-0.3, -0.25) is 9.59 Å². The molecule has 0 unspecified atom stereocenters. The summed E-state index contributed by atoms with van der Waals surface area (Å²) in [6.45, 7) is 4.84. The number of likely N-dealkylation sites (N-methyl/N-ethyl adjacent to an activating group) is 1. The zero-order valence-electron chi connectivity index (χ0n) is 16.9. The summed E-state index contributed by atoms with van der Waals surface area (Å²) in [5.74, 6) is 0.478. The first-order valence-electron chi connectivity index (χ1n) is 9.75. The number of hydrogen-bond acceptors (Lipinski definition) is 3. The fourth-order valence-electron chi connectivity index (χ4n) is 2.96. The Kier molecular flexibility index (Phi) is 7.09. The first-order chi connectivity index (χ1) is 14.5. The average Bonchev–Trinajstić information content (AvgIpc) is 3.23. The Morgan fingerprint density at radius 2 is 1.63 bits per heavy atom.